The van der Waals surface area contributed by atoms with Crippen molar-refractivity contribution in [3.63, 3.8) is 0 Å². The molecule has 2 aromatic carbocycles. The van der Waals surface area contributed by atoms with Crippen molar-refractivity contribution in [1.29, 1.82) is 0 Å². The highest BCUT2D eigenvalue weighted by molar-refractivity contribution is 5.88. The minimum atomic E-state index is -0.292. The number of hydrogen-bond donors (Lipinski definition) is 2. The minimum Gasteiger partial charge on any atom is -0.497 e. The van der Waals surface area contributed by atoms with Crippen LogP contribution in [0.5, 0.6) is 17.4 Å². The lowest BCUT2D eigenvalue weighted by atomic mass is 10.1. The summed E-state index contributed by atoms with van der Waals surface area (Å²) in [6, 6.07) is 17.9. The van der Waals surface area contributed by atoms with Gasteiger partial charge in [-0.25, -0.2) is 0 Å². The number of aromatic nitrogens is 2. The van der Waals surface area contributed by atoms with Crippen LogP contribution in [0, 0.1) is 0 Å². The number of methoxy groups -OCH3 is 1. The highest BCUT2D eigenvalue weighted by atomic mass is 16.5. The number of amides is 2. The lowest BCUT2D eigenvalue weighted by Gasteiger charge is -2.09. The molecule has 0 atom stereocenters. The lowest BCUT2D eigenvalue weighted by molar-refractivity contribution is -0.123. The molecule has 9 heteroatoms. The summed E-state index contributed by atoms with van der Waals surface area (Å²) in [4.78, 5) is 23.0. The molecule has 0 aliphatic carbocycles. The van der Waals surface area contributed by atoms with Crippen LogP contribution in [0.2, 0.25) is 0 Å². The molecule has 3 rings (SSSR count). The van der Waals surface area contributed by atoms with Crippen LogP contribution >= 0.6 is 0 Å². The molecular weight excluding hydrogens is 412 g/mol. The summed E-state index contributed by atoms with van der Waals surface area (Å²) < 4.78 is 16.1. The van der Waals surface area contributed by atoms with Crippen LogP contribution in [0.15, 0.2) is 60.7 Å². The quantitative estimate of drug-likeness (QED) is 0.470. The zero-order valence-electron chi connectivity index (χ0n) is 17.8. The summed E-state index contributed by atoms with van der Waals surface area (Å²) in [5, 5.41) is 13.6. The third kappa shape index (κ3) is 6.98. The molecule has 1 heterocycles. The number of hydrogen-bond acceptors (Lipinski definition) is 7. The topological polar surface area (TPSA) is 112 Å². The number of nitrogens with zero attached hydrogens (tertiary/aromatic N) is 2. The maximum Gasteiger partial charge on any atom is 0.258 e. The van der Waals surface area contributed by atoms with Gasteiger partial charge in [0, 0.05) is 30.3 Å². The van der Waals surface area contributed by atoms with Crippen molar-refractivity contribution in [1.82, 2.24) is 15.5 Å². The molecule has 0 saturated heterocycles. The first-order chi connectivity index (χ1) is 15.5. The maximum absolute atomic E-state index is 11.9. The zero-order valence-corrected chi connectivity index (χ0v) is 17.8. The van der Waals surface area contributed by atoms with Crippen LogP contribution < -0.4 is 24.8 Å². The molecular formula is C23H24N4O5. The van der Waals surface area contributed by atoms with E-state index in [-0.39, 0.29) is 31.6 Å². The second-order valence-electron chi connectivity index (χ2n) is 6.68. The Morgan fingerprint density at radius 2 is 1.75 bits per heavy atom. The van der Waals surface area contributed by atoms with Gasteiger partial charge in [-0.3, -0.25) is 9.59 Å². The van der Waals surface area contributed by atoms with Gasteiger partial charge in [-0.2, -0.15) is 0 Å². The fourth-order valence-corrected chi connectivity index (χ4v) is 2.73. The first-order valence-electron chi connectivity index (χ1n) is 9.91. The largest absolute Gasteiger partial charge is 0.497 e. The van der Waals surface area contributed by atoms with Gasteiger partial charge >= 0.3 is 0 Å². The van der Waals surface area contributed by atoms with Crippen LogP contribution in [-0.2, 0) is 9.59 Å². The average Bonchev–Trinajstić information content (AvgIpc) is 2.81. The van der Waals surface area contributed by atoms with Crippen LogP contribution in [0.1, 0.15) is 6.92 Å². The van der Waals surface area contributed by atoms with E-state index >= 15 is 0 Å². The normalized spacial score (nSPS) is 10.2. The van der Waals surface area contributed by atoms with Crippen molar-refractivity contribution in [2.45, 2.75) is 6.92 Å². The SMILES string of the molecule is COc1ccc(-c2ccc(OCCNC(=O)COc3cccc(NC(C)=O)c3)nn2)cc1. The Labute approximate surface area is 185 Å². The van der Waals surface area contributed by atoms with Crippen molar-refractivity contribution in [2.24, 2.45) is 0 Å². The molecule has 32 heavy (non-hydrogen) atoms. The number of nitrogens with one attached hydrogen (secondary N) is 2. The Morgan fingerprint density at radius 3 is 2.44 bits per heavy atom. The van der Waals surface area contributed by atoms with Gasteiger partial charge in [-0.1, -0.05) is 6.07 Å². The first kappa shape index (κ1) is 22.5. The monoisotopic (exact) mass is 436 g/mol. The van der Waals surface area contributed by atoms with E-state index in [0.717, 1.165) is 11.3 Å². The van der Waals surface area contributed by atoms with E-state index < -0.39 is 0 Å². The van der Waals surface area contributed by atoms with E-state index in [1.807, 2.05) is 30.3 Å². The highest BCUT2D eigenvalue weighted by Gasteiger charge is 2.05. The Kier molecular flexibility index (Phi) is 7.96. The van der Waals surface area contributed by atoms with E-state index in [9.17, 15) is 9.59 Å². The Morgan fingerprint density at radius 1 is 0.938 bits per heavy atom. The maximum atomic E-state index is 11.9. The summed E-state index contributed by atoms with van der Waals surface area (Å²) in [6.45, 7) is 1.79. The Bertz CT molecular complexity index is 1040. The van der Waals surface area contributed by atoms with Gasteiger partial charge in [0.05, 0.1) is 19.3 Å². The number of benzene rings is 2. The molecule has 1 aromatic heterocycles. The molecule has 0 bridgehead atoms. The zero-order chi connectivity index (χ0) is 22.8. The molecule has 0 saturated carbocycles. The van der Waals surface area contributed by atoms with E-state index in [2.05, 4.69) is 20.8 Å². The molecule has 0 radical (unpaired) electrons. The van der Waals surface area contributed by atoms with Crippen LogP contribution in [0.3, 0.4) is 0 Å². The fraction of sp³-hybridized carbons (Fsp3) is 0.217. The van der Waals surface area contributed by atoms with Crippen molar-refractivity contribution < 1.29 is 23.8 Å². The van der Waals surface area contributed by atoms with Gasteiger partial charge in [0.15, 0.2) is 6.61 Å². The molecule has 166 valence electrons. The predicted octanol–water partition coefficient (Wildman–Crippen LogP) is 2.68. The summed E-state index contributed by atoms with van der Waals surface area (Å²) in [7, 11) is 1.62. The summed E-state index contributed by atoms with van der Waals surface area (Å²) in [6.07, 6.45) is 0. The van der Waals surface area contributed by atoms with Crippen LogP contribution in [0.25, 0.3) is 11.3 Å². The molecule has 2 N–H and O–H groups in total. The van der Waals surface area contributed by atoms with Crippen molar-refractivity contribution in [2.75, 3.05) is 32.2 Å². The molecule has 0 unspecified atom stereocenters. The fourth-order valence-electron chi connectivity index (χ4n) is 2.73. The predicted molar refractivity (Wildman–Crippen MR) is 119 cm³/mol. The third-order valence-corrected chi connectivity index (χ3v) is 4.22. The average molecular weight is 436 g/mol. The molecule has 0 spiro atoms. The van der Waals surface area contributed by atoms with Gasteiger partial charge in [0.1, 0.15) is 18.1 Å². The van der Waals surface area contributed by atoms with Gasteiger partial charge in [0.2, 0.25) is 11.8 Å². The van der Waals surface area contributed by atoms with Gasteiger partial charge in [-0.15, -0.1) is 10.2 Å². The first-order valence-corrected chi connectivity index (χ1v) is 9.91. The smallest absolute Gasteiger partial charge is 0.258 e. The van der Waals surface area contributed by atoms with Gasteiger partial charge < -0.3 is 24.8 Å². The number of carbonyl (C=O) groups excluding carboxylic acids is 2. The lowest BCUT2D eigenvalue weighted by Crippen LogP contribution is -2.32. The van der Waals surface area contributed by atoms with Crippen LogP contribution in [0.4, 0.5) is 5.69 Å². The Balaban J connectivity index is 1.37. The minimum absolute atomic E-state index is 0.153. The standard InChI is InChI=1S/C23H24N4O5/c1-16(28)25-18-4-3-5-20(14-18)32-15-22(29)24-12-13-31-23-11-10-21(26-27-23)17-6-8-19(30-2)9-7-17/h3-11,14H,12-13,15H2,1-2H3,(H,24,29)(H,25,28). The number of carbonyl (C=O) groups is 2. The Hall–Kier alpha value is -4.14. The molecule has 2 amide bonds. The van der Waals surface area contributed by atoms with E-state index in [0.29, 0.717) is 23.0 Å². The van der Waals surface area contributed by atoms with Gasteiger partial charge in [0.25, 0.3) is 5.91 Å². The second kappa shape index (κ2) is 11.3. The molecule has 0 fully saturated rings. The number of anilines is 1. The molecule has 9 nitrogen and oxygen atoms in total. The van der Waals surface area contributed by atoms with E-state index in [4.69, 9.17) is 14.2 Å². The summed E-state index contributed by atoms with van der Waals surface area (Å²) in [5.74, 6) is 1.14. The summed E-state index contributed by atoms with van der Waals surface area (Å²) >= 11 is 0. The van der Waals surface area contributed by atoms with Crippen molar-refractivity contribution >= 4 is 17.5 Å². The highest BCUT2D eigenvalue weighted by Crippen LogP contribution is 2.21. The summed E-state index contributed by atoms with van der Waals surface area (Å²) in [5.41, 5.74) is 2.23. The number of rotatable bonds is 10. The third-order valence-electron chi connectivity index (χ3n) is 4.22. The molecule has 3 aromatic rings. The van der Waals surface area contributed by atoms with Gasteiger partial charge in [-0.05, 0) is 42.5 Å². The van der Waals surface area contributed by atoms with Crippen molar-refractivity contribution in [3.8, 4) is 28.6 Å². The molecule has 0 aliphatic rings. The second-order valence-corrected chi connectivity index (χ2v) is 6.68. The number of ether oxygens (including phenoxy) is 3. The van der Waals surface area contributed by atoms with E-state index in [1.54, 1.807) is 37.4 Å². The van der Waals surface area contributed by atoms with E-state index in [1.165, 1.54) is 6.92 Å². The molecule has 0 aliphatic heterocycles. The van der Waals surface area contributed by atoms with Crippen LogP contribution in [-0.4, -0.2) is 48.9 Å². The van der Waals surface area contributed by atoms with Crippen molar-refractivity contribution in [3.05, 3.63) is 60.7 Å².